The first-order valence-electron chi connectivity index (χ1n) is 8.08. The number of anilines is 1. The van der Waals surface area contributed by atoms with Crippen molar-refractivity contribution in [1.29, 1.82) is 0 Å². The molecule has 0 amide bonds. The van der Waals surface area contributed by atoms with Gasteiger partial charge in [-0.1, -0.05) is 6.07 Å². The van der Waals surface area contributed by atoms with Crippen LogP contribution in [0.3, 0.4) is 0 Å². The maximum atomic E-state index is 5.99. The highest BCUT2D eigenvalue weighted by Gasteiger charge is 2.25. The molecule has 8 heteroatoms. The molecular weight excluding hydrogens is 433 g/mol. The summed E-state index contributed by atoms with van der Waals surface area (Å²) in [5.74, 6) is 2.82. The molecule has 0 aromatic carbocycles. The van der Waals surface area contributed by atoms with E-state index >= 15 is 0 Å². The number of rotatable bonds is 5. The van der Waals surface area contributed by atoms with E-state index in [1.54, 1.807) is 6.20 Å². The molecule has 2 aromatic rings. The predicted octanol–water partition coefficient (Wildman–Crippen LogP) is 2.40. The van der Waals surface area contributed by atoms with Crippen LogP contribution in [0.1, 0.15) is 17.6 Å². The Balaban J connectivity index is 0.00000225. The van der Waals surface area contributed by atoms with Crippen molar-refractivity contribution in [3.63, 3.8) is 0 Å². The van der Waals surface area contributed by atoms with E-state index in [-0.39, 0.29) is 30.0 Å². The Morgan fingerprint density at radius 3 is 2.76 bits per heavy atom. The number of nitrogens with two attached hydrogens (primary N) is 1. The van der Waals surface area contributed by atoms with Crippen LogP contribution in [0.2, 0.25) is 0 Å². The fourth-order valence-electron chi connectivity index (χ4n) is 2.70. The first-order valence-corrected chi connectivity index (χ1v) is 8.08. The van der Waals surface area contributed by atoms with E-state index in [4.69, 9.17) is 14.9 Å². The zero-order valence-electron chi connectivity index (χ0n) is 14.2. The molecule has 0 radical (unpaired) electrons. The summed E-state index contributed by atoms with van der Waals surface area (Å²) >= 11 is 0. The smallest absolute Gasteiger partial charge is 0.194 e. The zero-order valence-corrected chi connectivity index (χ0v) is 16.6. The Morgan fingerprint density at radius 1 is 1.32 bits per heavy atom. The lowest BCUT2D eigenvalue weighted by Crippen LogP contribution is -2.40. The van der Waals surface area contributed by atoms with Crippen molar-refractivity contribution in [2.45, 2.75) is 13.0 Å². The summed E-state index contributed by atoms with van der Waals surface area (Å²) in [7, 11) is 0. The molecular formula is C17H24IN5O2. The van der Waals surface area contributed by atoms with Gasteiger partial charge in [-0.25, -0.2) is 4.98 Å². The summed E-state index contributed by atoms with van der Waals surface area (Å²) in [4.78, 5) is 11.0. The van der Waals surface area contributed by atoms with Crippen molar-refractivity contribution >= 4 is 35.8 Å². The summed E-state index contributed by atoms with van der Waals surface area (Å²) in [5, 5.41) is 3.00. The average molecular weight is 457 g/mol. The van der Waals surface area contributed by atoms with Crippen molar-refractivity contribution in [2.24, 2.45) is 10.7 Å². The lowest BCUT2D eigenvalue weighted by Gasteiger charge is -2.32. The molecule has 136 valence electrons. The molecule has 1 fully saturated rings. The second-order valence-electron chi connectivity index (χ2n) is 5.68. The first kappa shape index (κ1) is 19.7. The average Bonchev–Trinajstić information content (AvgIpc) is 3.03. The van der Waals surface area contributed by atoms with Gasteiger partial charge in [0.15, 0.2) is 5.96 Å². The largest absolute Gasteiger partial charge is 0.465 e. The van der Waals surface area contributed by atoms with Crippen molar-refractivity contribution in [2.75, 3.05) is 38.2 Å². The van der Waals surface area contributed by atoms with Gasteiger partial charge in [-0.05, 0) is 31.2 Å². The number of aliphatic imine (C=N–C) groups is 1. The number of pyridine rings is 1. The topological polar surface area (TPSA) is 88.9 Å². The van der Waals surface area contributed by atoms with Crippen molar-refractivity contribution < 1.29 is 9.15 Å². The van der Waals surface area contributed by atoms with Gasteiger partial charge >= 0.3 is 0 Å². The number of hydrogen-bond donors (Lipinski definition) is 2. The Bertz CT molecular complexity index is 671. The molecule has 3 N–H and O–H groups in total. The molecule has 1 aliphatic heterocycles. The maximum absolute atomic E-state index is 5.99. The van der Waals surface area contributed by atoms with Crippen LogP contribution in [0, 0.1) is 6.92 Å². The lowest BCUT2D eigenvalue weighted by molar-refractivity contribution is 0.0135. The van der Waals surface area contributed by atoms with Crippen molar-refractivity contribution in [3.8, 4) is 0 Å². The number of morpholine rings is 1. The standard InChI is InChI=1S/C17H23N5O2.HI/c1-13-5-6-15(24-13)14(22-8-10-23-11-9-22)12-20-17(18)21-16-4-2-3-7-19-16;/h2-7,14H,8-12H2,1H3,(H3,18,19,20,21);1H. The van der Waals surface area contributed by atoms with E-state index in [9.17, 15) is 0 Å². The third-order valence-corrected chi connectivity index (χ3v) is 3.93. The minimum Gasteiger partial charge on any atom is -0.465 e. The Labute approximate surface area is 164 Å². The highest BCUT2D eigenvalue weighted by atomic mass is 127. The number of halogens is 1. The van der Waals surface area contributed by atoms with Gasteiger partial charge in [-0.15, -0.1) is 24.0 Å². The molecule has 1 aliphatic rings. The number of guanidine groups is 1. The van der Waals surface area contributed by atoms with Gasteiger partial charge in [-0.3, -0.25) is 9.89 Å². The number of nitrogens with zero attached hydrogens (tertiary/aromatic N) is 3. The number of nitrogens with one attached hydrogen (secondary N) is 1. The number of ether oxygens (including phenoxy) is 1. The second kappa shape index (κ2) is 9.73. The predicted molar refractivity (Wildman–Crippen MR) is 108 cm³/mol. The molecule has 2 aromatic heterocycles. The third kappa shape index (κ3) is 5.68. The molecule has 0 spiro atoms. The summed E-state index contributed by atoms with van der Waals surface area (Å²) in [5.41, 5.74) is 5.99. The summed E-state index contributed by atoms with van der Waals surface area (Å²) < 4.78 is 11.3. The fourth-order valence-corrected chi connectivity index (χ4v) is 2.70. The number of hydrogen-bond acceptors (Lipinski definition) is 5. The van der Waals surface area contributed by atoms with Crippen molar-refractivity contribution in [1.82, 2.24) is 9.88 Å². The maximum Gasteiger partial charge on any atom is 0.194 e. The van der Waals surface area contributed by atoms with E-state index in [0.717, 1.165) is 37.8 Å². The van der Waals surface area contributed by atoms with Gasteiger partial charge in [0.1, 0.15) is 17.3 Å². The molecule has 1 unspecified atom stereocenters. The van der Waals surface area contributed by atoms with Crippen LogP contribution in [0.25, 0.3) is 0 Å². The van der Waals surface area contributed by atoms with Crippen LogP contribution in [-0.4, -0.2) is 48.7 Å². The normalized spacial score (nSPS) is 16.9. The fraction of sp³-hybridized carbons (Fsp3) is 0.412. The van der Waals surface area contributed by atoms with Gasteiger partial charge in [0.25, 0.3) is 0 Å². The van der Waals surface area contributed by atoms with Gasteiger partial charge < -0.3 is 20.2 Å². The van der Waals surface area contributed by atoms with Gasteiger partial charge in [0, 0.05) is 19.3 Å². The monoisotopic (exact) mass is 457 g/mol. The summed E-state index contributed by atoms with van der Waals surface area (Å²) in [6.45, 7) is 5.61. The first-order chi connectivity index (χ1) is 11.7. The van der Waals surface area contributed by atoms with Gasteiger partial charge in [-0.2, -0.15) is 0 Å². The van der Waals surface area contributed by atoms with Gasteiger partial charge in [0.05, 0.1) is 25.8 Å². The molecule has 0 bridgehead atoms. The SMILES string of the molecule is Cc1ccc(C(CN=C(N)Nc2ccccn2)N2CCOCC2)o1.I. The number of aryl methyl sites for hydroxylation is 1. The van der Waals surface area contributed by atoms with Crippen LogP contribution in [-0.2, 0) is 4.74 Å². The molecule has 1 saturated heterocycles. The van der Waals surface area contributed by atoms with E-state index in [2.05, 4.69) is 20.2 Å². The van der Waals surface area contributed by atoms with Gasteiger partial charge in [0.2, 0.25) is 0 Å². The Kier molecular flexibility index (Phi) is 7.66. The lowest BCUT2D eigenvalue weighted by atomic mass is 10.2. The molecule has 1 atom stereocenters. The van der Waals surface area contributed by atoms with Crippen molar-refractivity contribution in [3.05, 3.63) is 48.0 Å². The van der Waals surface area contributed by atoms with Crippen LogP contribution < -0.4 is 11.1 Å². The highest BCUT2D eigenvalue weighted by Crippen LogP contribution is 2.24. The molecule has 3 rings (SSSR count). The summed E-state index contributed by atoms with van der Waals surface area (Å²) in [6.07, 6.45) is 1.71. The molecule has 7 nitrogen and oxygen atoms in total. The number of aromatic nitrogens is 1. The molecule has 25 heavy (non-hydrogen) atoms. The molecule has 3 heterocycles. The van der Waals surface area contributed by atoms with Crippen LogP contribution in [0.5, 0.6) is 0 Å². The summed E-state index contributed by atoms with van der Waals surface area (Å²) in [6, 6.07) is 9.62. The van der Waals surface area contributed by atoms with Crippen LogP contribution >= 0.6 is 24.0 Å². The Hall–Kier alpha value is -1.65. The van der Waals surface area contributed by atoms with Crippen LogP contribution in [0.15, 0.2) is 45.9 Å². The highest BCUT2D eigenvalue weighted by molar-refractivity contribution is 14.0. The number of furan rings is 1. The quantitative estimate of drug-likeness (QED) is 0.407. The van der Waals surface area contributed by atoms with E-state index in [1.807, 2.05) is 37.3 Å². The minimum absolute atomic E-state index is 0. The van der Waals surface area contributed by atoms with Crippen LogP contribution in [0.4, 0.5) is 5.82 Å². The Morgan fingerprint density at radius 2 is 2.12 bits per heavy atom. The van der Waals surface area contributed by atoms with E-state index in [1.165, 1.54) is 0 Å². The third-order valence-electron chi connectivity index (χ3n) is 3.93. The van der Waals surface area contributed by atoms with E-state index in [0.29, 0.717) is 18.3 Å². The minimum atomic E-state index is 0. The van der Waals surface area contributed by atoms with E-state index < -0.39 is 0 Å². The zero-order chi connectivity index (χ0) is 16.8. The second-order valence-corrected chi connectivity index (χ2v) is 5.68. The molecule has 0 aliphatic carbocycles. The molecule has 0 saturated carbocycles.